The summed E-state index contributed by atoms with van der Waals surface area (Å²) in [6.45, 7) is 5.77. The van der Waals surface area contributed by atoms with Crippen LogP contribution in [0.2, 0.25) is 10.0 Å². The van der Waals surface area contributed by atoms with Gasteiger partial charge in [0, 0.05) is 34.3 Å². The molecular formula is C31H29Cl2F5N4O5S. The van der Waals surface area contributed by atoms with Crippen LogP contribution in [0.25, 0.3) is 0 Å². The number of nitrogens with one attached hydrogen (secondary N) is 2. The molecule has 0 saturated carbocycles. The highest BCUT2D eigenvalue weighted by atomic mass is 35.5. The van der Waals surface area contributed by atoms with Gasteiger partial charge in [-0.05, 0) is 35.6 Å². The van der Waals surface area contributed by atoms with E-state index in [1.165, 1.54) is 41.7 Å². The number of carboxylic acid groups (broad SMARTS) is 2. The van der Waals surface area contributed by atoms with E-state index in [1.807, 2.05) is 20.8 Å². The Morgan fingerprint density at radius 3 is 2.29 bits per heavy atom. The summed E-state index contributed by atoms with van der Waals surface area (Å²) in [7, 11) is 0. The molecule has 1 aliphatic heterocycles. The molecule has 2 heterocycles. The number of aliphatic carboxylic acids is 2. The summed E-state index contributed by atoms with van der Waals surface area (Å²) in [5.41, 5.74) is -0.361. The normalized spacial score (nSPS) is 21.4. The number of carbonyl (C=O) groups is 3. The Bertz CT molecular complexity index is 1700. The summed E-state index contributed by atoms with van der Waals surface area (Å²) in [5.74, 6) is -7.80. The lowest BCUT2D eigenvalue weighted by molar-refractivity contribution is -0.192. The average Bonchev–Trinajstić information content (AvgIpc) is 3.59. The van der Waals surface area contributed by atoms with E-state index in [0.29, 0.717) is 5.69 Å². The molecular weight excluding hydrogens is 706 g/mol. The van der Waals surface area contributed by atoms with Crippen molar-refractivity contribution in [2.75, 3.05) is 0 Å². The van der Waals surface area contributed by atoms with Crippen molar-refractivity contribution in [3.63, 3.8) is 0 Å². The molecule has 0 unspecified atom stereocenters. The maximum atomic E-state index is 15.7. The van der Waals surface area contributed by atoms with Crippen LogP contribution in [0, 0.1) is 28.4 Å². The van der Waals surface area contributed by atoms with Crippen LogP contribution in [0.5, 0.6) is 0 Å². The first-order valence-corrected chi connectivity index (χ1v) is 15.7. The van der Waals surface area contributed by atoms with Crippen LogP contribution in [-0.4, -0.2) is 57.3 Å². The number of amides is 1. The number of rotatable bonds is 8. The molecule has 1 amide bonds. The number of carboxylic acids is 2. The SMILES string of the molecule is CC(C)(C)C[C@@H]1N[C@@H](C(=O)N[C@@H](Cc2cscn2)C(=O)O)[C@H](c2cccc(Cl)c2F)[C@@]1(C#N)c1ccc(Cl)cc1F.O=C(O)C(F)(F)F. The van der Waals surface area contributed by atoms with E-state index in [1.54, 1.807) is 10.9 Å². The zero-order chi connectivity index (χ0) is 36.2. The molecule has 1 aromatic heterocycles. The van der Waals surface area contributed by atoms with Crippen LogP contribution in [-0.2, 0) is 26.2 Å². The molecule has 5 atom stereocenters. The quantitative estimate of drug-likeness (QED) is 0.192. The second-order valence-corrected chi connectivity index (χ2v) is 13.6. The van der Waals surface area contributed by atoms with Crippen molar-refractivity contribution in [3.8, 4) is 6.07 Å². The lowest BCUT2D eigenvalue weighted by Crippen LogP contribution is -2.51. The Labute approximate surface area is 285 Å². The van der Waals surface area contributed by atoms with Crippen molar-refractivity contribution in [3.05, 3.63) is 85.8 Å². The maximum Gasteiger partial charge on any atom is 0.490 e. The number of aromatic nitrogens is 1. The summed E-state index contributed by atoms with van der Waals surface area (Å²) >= 11 is 13.5. The maximum absolute atomic E-state index is 15.7. The highest BCUT2D eigenvalue weighted by Crippen LogP contribution is 2.52. The van der Waals surface area contributed by atoms with Crippen molar-refractivity contribution in [2.24, 2.45) is 5.41 Å². The second-order valence-electron chi connectivity index (χ2n) is 12.1. The van der Waals surface area contributed by atoms with E-state index < -0.39 is 70.5 Å². The Morgan fingerprint density at radius 1 is 1.15 bits per heavy atom. The van der Waals surface area contributed by atoms with Crippen molar-refractivity contribution < 1.29 is 46.5 Å². The number of alkyl halides is 3. The minimum Gasteiger partial charge on any atom is -0.480 e. The fourth-order valence-electron chi connectivity index (χ4n) is 5.57. The number of carbonyl (C=O) groups excluding carboxylic acids is 1. The van der Waals surface area contributed by atoms with Crippen molar-refractivity contribution in [1.29, 1.82) is 5.26 Å². The molecule has 0 bridgehead atoms. The first-order valence-electron chi connectivity index (χ1n) is 14.0. The van der Waals surface area contributed by atoms with Crippen LogP contribution in [0.4, 0.5) is 22.0 Å². The summed E-state index contributed by atoms with van der Waals surface area (Å²) in [6.07, 6.45) is -4.89. The number of nitrogens with zero attached hydrogens (tertiary/aromatic N) is 2. The van der Waals surface area contributed by atoms with E-state index in [2.05, 4.69) is 21.7 Å². The van der Waals surface area contributed by atoms with Crippen molar-refractivity contribution >= 4 is 52.4 Å². The first kappa shape index (κ1) is 38.6. The number of halogens is 7. The number of hydrogen-bond donors (Lipinski definition) is 4. The van der Waals surface area contributed by atoms with E-state index in [9.17, 15) is 33.1 Å². The molecule has 0 aliphatic carbocycles. The minimum absolute atomic E-state index is 0.0666. The Balaban J connectivity index is 0.000000804. The van der Waals surface area contributed by atoms with Gasteiger partial charge in [-0.2, -0.15) is 18.4 Å². The fraction of sp³-hybridized carbons (Fsp3) is 0.387. The number of benzene rings is 2. The number of thiazole rings is 1. The smallest absolute Gasteiger partial charge is 0.480 e. The van der Waals surface area contributed by atoms with Gasteiger partial charge < -0.3 is 20.8 Å². The lowest BCUT2D eigenvalue weighted by atomic mass is 9.62. The van der Waals surface area contributed by atoms with Gasteiger partial charge in [-0.1, -0.05) is 62.2 Å². The number of nitriles is 1. The molecule has 2 aromatic carbocycles. The van der Waals surface area contributed by atoms with Crippen LogP contribution in [0.15, 0.2) is 47.3 Å². The zero-order valence-corrected chi connectivity index (χ0v) is 27.7. The molecule has 17 heteroatoms. The highest BCUT2D eigenvalue weighted by molar-refractivity contribution is 7.07. The van der Waals surface area contributed by atoms with Gasteiger partial charge in [0.25, 0.3) is 0 Å². The van der Waals surface area contributed by atoms with E-state index in [-0.39, 0.29) is 34.0 Å². The van der Waals surface area contributed by atoms with Gasteiger partial charge in [-0.3, -0.25) is 4.79 Å². The standard InChI is InChI=1S/C29H28Cl2F2N4O3S.C2HF3O2/c1-28(2,3)11-22-29(13-34,18-8-7-15(30)9-20(18)32)23(17-5-4-6-19(31)24(17)33)25(37-22)26(38)36-21(27(39)40)10-16-12-41-14-35-16;3-2(4,5)1(6)7/h4-9,12,14,21-23,25,37H,10-11H2,1-3H3,(H,36,38)(H,39,40);(H,6,7)/t21-,22-,23-,25+,29-;/m0./s1. The molecule has 4 rings (SSSR count). The molecule has 258 valence electrons. The molecule has 1 saturated heterocycles. The monoisotopic (exact) mass is 734 g/mol. The molecule has 1 fully saturated rings. The van der Waals surface area contributed by atoms with Gasteiger partial charge in [-0.15, -0.1) is 11.3 Å². The van der Waals surface area contributed by atoms with Gasteiger partial charge in [0.1, 0.15) is 23.1 Å². The van der Waals surface area contributed by atoms with E-state index in [4.69, 9.17) is 33.1 Å². The van der Waals surface area contributed by atoms with E-state index >= 15 is 8.78 Å². The van der Waals surface area contributed by atoms with Crippen molar-refractivity contribution in [2.45, 2.75) is 69.2 Å². The molecule has 1 aliphatic rings. The van der Waals surface area contributed by atoms with Gasteiger partial charge >= 0.3 is 18.1 Å². The molecule has 4 N–H and O–H groups in total. The predicted octanol–water partition coefficient (Wildman–Crippen LogP) is 6.50. The second kappa shape index (κ2) is 15.1. The third-order valence-electron chi connectivity index (χ3n) is 7.49. The highest BCUT2D eigenvalue weighted by Gasteiger charge is 2.61. The summed E-state index contributed by atoms with van der Waals surface area (Å²) < 4.78 is 63.2. The third kappa shape index (κ3) is 8.79. The van der Waals surface area contributed by atoms with Crippen LogP contribution in [0.1, 0.15) is 49.9 Å². The first-order chi connectivity index (χ1) is 22.2. The van der Waals surface area contributed by atoms with Crippen LogP contribution in [0.3, 0.4) is 0 Å². The Kier molecular flexibility index (Phi) is 12.2. The van der Waals surface area contributed by atoms with Crippen molar-refractivity contribution in [1.82, 2.24) is 15.6 Å². The van der Waals surface area contributed by atoms with Gasteiger partial charge in [-0.25, -0.2) is 23.4 Å². The Hall–Kier alpha value is -3.84. The Morgan fingerprint density at radius 2 is 1.79 bits per heavy atom. The molecule has 9 nitrogen and oxygen atoms in total. The third-order valence-corrected chi connectivity index (χ3v) is 8.65. The topological polar surface area (TPSA) is 152 Å². The van der Waals surface area contributed by atoms with Gasteiger partial charge in [0.05, 0.1) is 28.3 Å². The molecule has 3 aromatic rings. The predicted molar refractivity (Wildman–Crippen MR) is 167 cm³/mol. The van der Waals surface area contributed by atoms with Crippen LogP contribution < -0.4 is 10.6 Å². The lowest BCUT2D eigenvalue weighted by Gasteiger charge is -2.37. The summed E-state index contributed by atoms with van der Waals surface area (Å²) in [6, 6.07) is 6.79. The van der Waals surface area contributed by atoms with Crippen LogP contribution >= 0.6 is 34.5 Å². The van der Waals surface area contributed by atoms with E-state index in [0.717, 1.165) is 6.07 Å². The largest absolute Gasteiger partial charge is 0.490 e. The zero-order valence-electron chi connectivity index (χ0n) is 25.4. The number of hydrogen-bond acceptors (Lipinski definition) is 7. The van der Waals surface area contributed by atoms with Gasteiger partial charge in [0.2, 0.25) is 5.91 Å². The minimum atomic E-state index is -5.08. The van der Waals surface area contributed by atoms with Gasteiger partial charge in [0.15, 0.2) is 0 Å². The summed E-state index contributed by atoms with van der Waals surface area (Å²) in [5, 5.41) is 35.1. The molecule has 48 heavy (non-hydrogen) atoms. The molecule has 0 radical (unpaired) electrons. The average molecular weight is 736 g/mol. The molecule has 0 spiro atoms. The fourth-order valence-corrected chi connectivity index (χ4v) is 6.48. The summed E-state index contributed by atoms with van der Waals surface area (Å²) in [4.78, 5) is 39.0.